The molecule has 0 saturated carbocycles. The molecule has 1 aromatic rings. The van der Waals surface area contributed by atoms with E-state index in [4.69, 9.17) is 18.9 Å². The average molecular weight is 420 g/mol. The molecule has 0 saturated heterocycles. The Kier molecular flexibility index (Phi) is 6.05. The van der Waals surface area contributed by atoms with E-state index in [9.17, 15) is 14.2 Å². The zero-order chi connectivity index (χ0) is 20.6. The number of rotatable bonds is 6. The normalized spacial score (nSPS) is 21.1. The lowest BCUT2D eigenvalue weighted by Gasteiger charge is -2.39. The van der Waals surface area contributed by atoms with Crippen LogP contribution >= 0.6 is 7.82 Å². The number of phosphoric acid groups is 1. The van der Waals surface area contributed by atoms with Crippen molar-refractivity contribution in [3.63, 3.8) is 0 Å². The van der Waals surface area contributed by atoms with E-state index in [1.807, 2.05) is 13.1 Å². The second kappa shape index (κ2) is 7.49. The van der Waals surface area contributed by atoms with Crippen molar-refractivity contribution in [2.45, 2.75) is 51.2 Å². The molecule has 1 aliphatic heterocycles. The molecule has 10 nitrogen and oxygen atoms in total. The third kappa shape index (κ3) is 5.50. The first-order valence-corrected chi connectivity index (χ1v) is 12.7. The molecule has 2 atom stereocenters. The number of hydrogen-bond donors (Lipinski definition) is 3. The van der Waals surface area contributed by atoms with Gasteiger partial charge in [-0.3, -0.25) is 18.9 Å². The molecule has 1 aromatic heterocycles. The number of aromatic amines is 1. The molecule has 152 valence electrons. The second-order valence-electron chi connectivity index (χ2n) is 7.77. The van der Waals surface area contributed by atoms with E-state index in [0.717, 1.165) is 0 Å². The minimum Gasteiger partial charge on any atom is -0.469 e. The van der Waals surface area contributed by atoms with Crippen LogP contribution in [0.2, 0.25) is 18.1 Å². The van der Waals surface area contributed by atoms with Crippen LogP contribution in [0.15, 0.2) is 33.7 Å². The minimum absolute atomic E-state index is 0.119. The standard InChI is InChI=1S/C15H25N2O8PSi/c1-15(2,3)27(4,5)25-11-8-10(9-23-26(20,21)22)24-13(11)17-7-6-12(18)16-14(17)19/h6-8,11,13H,9H2,1-5H3,(H,16,18,19)(H2,20,21,22)/t11-,13-/m1/s1. The van der Waals surface area contributed by atoms with Gasteiger partial charge in [0.2, 0.25) is 6.23 Å². The number of nitrogens with zero attached hydrogens (tertiary/aromatic N) is 1. The van der Waals surface area contributed by atoms with Gasteiger partial charge in [-0.1, -0.05) is 20.8 Å². The van der Waals surface area contributed by atoms with Crippen LogP contribution in [0.5, 0.6) is 0 Å². The van der Waals surface area contributed by atoms with E-state index in [1.165, 1.54) is 16.8 Å². The number of ether oxygens (including phenoxy) is 1. The zero-order valence-electron chi connectivity index (χ0n) is 15.8. The summed E-state index contributed by atoms with van der Waals surface area (Å²) in [4.78, 5) is 43.4. The van der Waals surface area contributed by atoms with Gasteiger partial charge in [-0.15, -0.1) is 0 Å². The summed E-state index contributed by atoms with van der Waals surface area (Å²) < 4.78 is 28.6. The fraction of sp³-hybridized carbons (Fsp3) is 0.600. The van der Waals surface area contributed by atoms with Gasteiger partial charge >= 0.3 is 13.5 Å². The van der Waals surface area contributed by atoms with Gasteiger partial charge in [0.25, 0.3) is 5.56 Å². The van der Waals surface area contributed by atoms with Gasteiger partial charge in [0.05, 0.1) is 0 Å². The van der Waals surface area contributed by atoms with Crippen LogP contribution in [0.25, 0.3) is 0 Å². The molecule has 27 heavy (non-hydrogen) atoms. The summed E-state index contributed by atoms with van der Waals surface area (Å²) in [5, 5.41) is -0.119. The van der Waals surface area contributed by atoms with Gasteiger partial charge in [-0.05, 0) is 24.2 Å². The highest BCUT2D eigenvalue weighted by Crippen LogP contribution is 2.42. The van der Waals surface area contributed by atoms with Crippen LogP contribution in [0.1, 0.15) is 27.0 Å². The van der Waals surface area contributed by atoms with Crippen LogP contribution in [0.3, 0.4) is 0 Å². The number of hydrogen-bond acceptors (Lipinski definition) is 6. The summed E-state index contributed by atoms with van der Waals surface area (Å²) in [5.41, 5.74) is -1.23. The first-order valence-electron chi connectivity index (χ1n) is 8.26. The zero-order valence-corrected chi connectivity index (χ0v) is 17.7. The molecule has 1 aliphatic rings. The van der Waals surface area contributed by atoms with Gasteiger partial charge < -0.3 is 18.9 Å². The molecular weight excluding hydrogens is 395 g/mol. The monoisotopic (exact) mass is 420 g/mol. The molecule has 0 bridgehead atoms. The molecule has 0 aromatic carbocycles. The first-order chi connectivity index (χ1) is 12.2. The van der Waals surface area contributed by atoms with Crippen LogP contribution in [-0.4, -0.2) is 40.4 Å². The second-order valence-corrected chi connectivity index (χ2v) is 13.8. The molecule has 0 radical (unpaired) electrons. The molecule has 0 fully saturated rings. The molecule has 12 heteroatoms. The fourth-order valence-electron chi connectivity index (χ4n) is 2.21. The average Bonchev–Trinajstić information content (AvgIpc) is 2.85. The Morgan fingerprint density at radius 3 is 2.48 bits per heavy atom. The highest BCUT2D eigenvalue weighted by Gasteiger charge is 2.43. The molecule has 0 aliphatic carbocycles. The van der Waals surface area contributed by atoms with Gasteiger partial charge in [0.15, 0.2) is 8.32 Å². The van der Waals surface area contributed by atoms with E-state index in [0.29, 0.717) is 0 Å². The van der Waals surface area contributed by atoms with E-state index in [2.05, 4.69) is 30.3 Å². The van der Waals surface area contributed by atoms with Crippen LogP contribution in [-0.2, 0) is 18.3 Å². The number of phosphoric ester groups is 1. The van der Waals surface area contributed by atoms with E-state index in [1.54, 1.807) is 6.08 Å². The summed E-state index contributed by atoms with van der Waals surface area (Å²) >= 11 is 0. The lowest BCUT2D eigenvalue weighted by molar-refractivity contribution is -0.00557. The molecule has 0 amide bonds. The molecular formula is C15H25N2O8PSi. The molecule has 2 heterocycles. The molecule has 3 N–H and O–H groups in total. The Balaban J connectivity index is 2.35. The Labute approximate surface area is 157 Å². The maximum absolute atomic E-state index is 12.2. The number of aromatic nitrogens is 2. The summed E-state index contributed by atoms with van der Waals surface area (Å²) in [6.07, 6.45) is 1.20. The Morgan fingerprint density at radius 1 is 1.33 bits per heavy atom. The van der Waals surface area contributed by atoms with Gasteiger partial charge in [0, 0.05) is 12.3 Å². The predicted octanol–water partition coefficient (Wildman–Crippen LogP) is 1.45. The van der Waals surface area contributed by atoms with Crippen molar-refractivity contribution in [2.24, 2.45) is 0 Å². The third-order valence-electron chi connectivity index (χ3n) is 4.64. The van der Waals surface area contributed by atoms with Gasteiger partial charge in [0.1, 0.15) is 18.5 Å². The van der Waals surface area contributed by atoms with Crippen LogP contribution in [0.4, 0.5) is 0 Å². The lowest BCUT2D eigenvalue weighted by atomic mass is 10.2. The van der Waals surface area contributed by atoms with Crippen molar-refractivity contribution in [3.05, 3.63) is 44.9 Å². The maximum Gasteiger partial charge on any atom is 0.470 e. The highest BCUT2D eigenvalue weighted by molar-refractivity contribution is 7.46. The van der Waals surface area contributed by atoms with Gasteiger partial charge in [-0.2, -0.15) is 0 Å². The smallest absolute Gasteiger partial charge is 0.469 e. The first kappa shape index (κ1) is 21.8. The summed E-state index contributed by atoms with van der Waals surface area (Å²) in [5.74, 6) is 0.130. The number of nitrogens with one attached hydrogen (secondary N) is 1. The number of H-pyrrole nitrogens is 1. The maximum atomic E-state index is 12.2. The quantitative estimate of drug-likeness (QED) is 0.464. The third-order valence-corrected chi connectivity index (χ3v) is 9.58. The Bertz CT molecular complexity index is 879. The highest BCUT2D eigenvalue weighted by atomic mass is 31.2. The van der Waals surface area contributed by atoms with Crippen molar-refractivity contribution in [2.75, 3.05) is 6.61 Å². The topological polar surface area (TPSA) is 140 Å². The largest absolute Gasteiger partial charge is 0.470 e. The van der Waals surface area contributed by atoms with E-state index in [-0.39, 0.29) is 10.8 Å². The van der Waals surface area contributed by atoms with Gasteiger partial charge in [-0.25, -0.2) is 9.36 Å². The molecule has 0 spiro atoms. The lowest BCUT2D eigenvalue weighted by Crippen LogP contribution is -2.46. The van der Waals surface area contributed by atoms with Crippen LogP contribution in [0, 0.1) is 0 Å². The van der Waals surface area contributed by atoms with Crippen molar-refractivity contribution in [1.82, 2.24) is 9.55 Å². The Hall–Kier alpha value is -1.49. The SMILES string of the molecule is CC(C)(C)[Si](C)(C)O[C@@H]1C=C(COP(=O)(O)O)O[C@H]1n1ccc(=O)[nH]c1=O. The van der Waals surface area contributed by atoms with E-state index >= 15 is 0 Å². The summed E-state index contributed by atoms with van der Waals surface area (Å²) in [7, 11) is -6.95. The molecule has 0 unspecified atom stereocenters. The summed E-state index contributed by atoms with van der Waals surface area (Å²) in [6, 6.07) is 1.18. The predicted molar refractivity (Wildman–Crippen MR) is 99.6 cm³/mol. The Morgan fingerprint density at radius 2 is 1.96 bits per heavy atom. The van der Waals surface area contributed by atoms with E-state index < -0.39 is 46.3 Å². The summed E-state index contributed by atoms with van der Waals surface area (Å²) in [6.45, 7) is 9.73. The van der Waals surface area contributed by atoms with Crippen molar-refractivity contribution in [1.29, 1.82) is 0 Å². The van der Waals surface area contributed by atoms with Crippen LogP contribution < -0.4 is 11.2 Å². The van der Waals surface area contributed by atoms with Crippen molar-refractivity contribution >= 4 is 16.1 Å². The molecule has 2 rings (SSSR count). The van der Waals surface area contributed by atoms with Crippen molar-refractivity contribution < 1.29 is 28.0 Å². The fourth-order valence-corrected chi connectivity index (χ4v) is 3.72. The van der Waals surface area contributed by atoms with Crippen molar-refractivity contribution in [3.8, 4) is 0 Å². The minimum atomic E-state index is -4.68.